The molecule has 0 spiro atoms. The molecule has 3 rings (SSSR count). The Morgan fingerprint density at radius 2 is 1.00 bits per heavy atom. The third kappa shape index (κ3) is 2.58. The Kier molecular flexibility index (Phi) is 5.56. The zero-order valence-corrected chi connectivity index (χ0v) is 18.2. The number of methoxy groups -OCH3 is 4. The molecule has 3 aliphatic carbocycles. The standard InChI is InChI=1S/C22H28O8/c1-11-9-21(19(25)29-5)15-7-13(17(23)27-3)14(18(24)28-4)8-16(15)22(21,10-12(11)2)20(26)30-6/h13-14H,7-10H2,1-6H3/t13-,14+,21-,22+. The van der Waals surface area contributed by atoms with Crippen LogP contribution in [0.1, 0.15) is 39.5 Å². The lowest BCUT2D eigenvalue weighted by Crippen LogP contribution is -2.66. The summed E-state index contributed by atoms with van der Waals surface area (Å²) >= 11 is 0. The molecule has 0 radical (unpaired) electrons. The van der Waals surface area contributed by atoms with Crippen LogP contribution in [0.25, 0.3) is 0 Å². The summed E-state index contributed by atoms with van der Waals surface area (Å²) in [7, 11) is 5.09. The van der Waals surface area contributed by atoms with Crippen LogP contribution >= 0.6 is 0 Å². The van der Waals surface area contributed by atoms with Gasteiger partial charge in [0.1, 0.15) is 10.8 Å². The molecule has 4 atom stereocenters. The van der Waals surface area contributed by atoms with Crippen LogP contribution in [0.15, 0.2) is 22.3 Å². The van der Waals surface area contributed by atoms with Gasteiger partial charge >= 0.3 is 23.9 Å². The van der Waals surface area contributed by atoms with E-state index in [-0.39, 0.29) is 12.8 Å². The minimum atomic E-state index is -1.25. The molecule has 164 valence electrons. The first kappa shape index (κ1) is 22.1. The largest absolute Gasteiger partial charge is 0.469 e. The van der Waals surface area contributed by atoms with Crippen LogP contribution in [0.3, 0.4) is 0 Å². The molecule has 3 aliphatic rings. The van der Waals surface area contributed by atoms with Crippen molar-refractivity contribution >= 4 is 23.9 Å². The number of allylic oxidation sites excluding steroid dienone is 2. The fourth-order valence-corrected chi connectivity index (χ4v) is 5.79. The Hall–Kier alpha value is -2.64. The van der Waals surface area contributed by atoms with E-state index in [0.717, 1.165) is 11.1 Å². The molecule has 8 nitrogen and oxygen atoms in total. The van der Waals surface area contributed by atoms with Gasteiger partial charge in [0, 0.05) is 0 Å². The van der Waals surface area contributed by atoms with E-state index in [2.05, 4.69) is 0 Å². The van der Waals surface area contributed by atoms with Gasteiger partial charge < -0.3 is 18.9 Å². The summed E-state index contributed by atoms with van der Waals surface area (Å²) in [5, 5.41) is 0. The summed E-state index contributed by atoms with van der Waals surface area (Å²) in [5.41, 5.74) is 0.860. The average Bonchev–Trinajstić information content (AvgIpc) is 2.76. The summed E-state index contributed by atoms with van der Waals surface area (Å²) in [6, 6.07) is 0. The van der Waals surface area contributed by atoms with Gasteiger partial charge in [0.15, 0.2) is 0 Å². The molecule has 0 bridgehead atoms. The van der Waals surface area contributed by atoms with Crippen molar-refractivity contribution in [3.63, 3.8) is 0 Å². The molecule has 0 saturated carbocycles. The third-order valence-electron chi connectivity index (χ3n) is 7.32. The van der Waals surface area contributed by atoms with E-state index >= 15 is 0 Å². The SMILES string of the molecule is COC(=O)[C@H]1CC2=C(C[C@H]1C(=O)OC)[C@@]1(C(=O)OC)CC(C)=C(C)C[C@@]21C(=O)OC. The topological polar surface area (TPSA) is 105 Å². The van der Waals surface area contributed by atoms with Crippen molar-refractivity contribution in [2.24, 2.45) is 22.7 Å². The first-order valence-corrected chi connectivity index (χ1v) is 9.86. The molecule has 0 heterocycles. The van der Waals surface area contributed by atoms with Gasteiger partial charge in [-0.2, -0.15) is 0 Å². The monoisotopic (exact) mass is 420 g/mol. The molecule has 0 aromatic carbocycles. The number of carbonyl (C=O) groups is 4. The first-order valence-electron chi connectivity index (χ1n) is 9.86. The van der Waals surface area contributed by atoms with Crippen LogP contribution in [-0.2, 0) is 38.1 Å². The van der Waals surface area contributed by atoms with E-state index in [0.29, 0.717) is 24.0 Å². The maximum Gasteiger partial charge on any atom is 0.317 e. The van der Waals surface area contributed by atoms with E-state index < -0.39 is 46.5 Å². The highest BCUT2D eigenvalue weighted by Gasteiger charge is 2.75. The van der Waals surface area contributed by atoms with Gasteiger partial charge in [-0.25, -0.2) is 0 Å². The van der Waals surface area contributed by atoms with Crippen molar-refractivity contribution < 1.29 is 38.1 Å². The van der Waals surface area contributed by atoms with Crippen molar-refractivity contribution in [1.82, 2.24) is 0 Å². The molecule has 0 unspecified atom stereocenters. The number of fused-ring (bicyclic) bond motifs is 3. The summed E-state index contributed by atoms with van der Waals surface area (Å²) in [4.78, 5) is 51.4. The number of carbonyl (C=O) groups excluding carboxylic acids is 4. The third-order valence-corrected chi connectivity index (χ3v) is 7.32. The van der Waals surface area contributed by atoms with Gasteiger partial charge in [0.2, 0.25) is 0 Å². The zero-order chi connectivity index (χ0) is 22.4. The van der Waals surface area contributed by atoms with Crippen LogP contribution < -0.4 is 0 Å². The van der Waals surface area contributed by atoms with E-state index in [1.165, 1.54) is 28.4 Å². The summed E-state index contributed by atoms with van der Waals surface area (Å²) in [6.07, 6.45) is 0.857. The second kappa shape index (κ2) is 7.56. The molecule has 0 fully saturated rings. The predicted molar refractivity (Wildman–Crippen MR) is 104 cm³/mol. The number of ether oxygens (including phenoxy) is 4. The fraction of sp³-hybridized carbons (Fsp3) is 0.636. The van der Waals surface area contributed by atoms with Gasteiger partial charge in [0.05, 0.1) is 40.3 Å². The second-order valence-corrected chi connectivity index (χ2v) is 8.33. The van der Waals surface area contributed by atoms with E-state index in [4.69, 9.17) is 18.9 Å². The van der Waals surface area contributed by atoms with Crippen molar-refractivity contribution in [3.8, 4) is 0 Å². The number of esters is 4. The van der Waals surface area contributed by atoms with Gasteiger partial charge in [0.25, 0.3) is 0 Å². The fourth-order valence-electron chi connectivity index (χ4n) is 5.79. The summed E-state index contributed by atoms with van der Waals surface area (Å²) < 4.78 is 20.2. The van der Waals surface area contributed by atoms with E-state index in [1.54, 1.807) is 0 Å². The van der Waals surface area contributed by atoms with Gasteiger partial charge in [-0.1, -0.05) is 11.1 Å². The maximum atomic E-state index is 13.2. The van der Waals surface area contributed by atoms with Crippen molar-refractivity contribution in [1.29, 1.82) is 0 Å². The Morgan fingerprint density at radius 3 is 1.27 bits per heavy atom. The lowest BCUT2D eigenvalue weighted by atomic mass is 9.37. The zero-order valence-electron chi connectivity index (χ0n) is 18.2. The molecule has 30 heavy (non-hydrogen) atoms. The first-order chi connectivity index (χ1) is 14.2. The minimum absolute atomic E-state index is 0.127. The van der Waals surface area contributed by atoms with Crippen molar-refractivity contribution in [2.75, 3.05) is 28.4 Å². The molecule has 0 aromatic heterocycles. The van der Waals surface area contributed by atoms with E-state index in [1.807, 2.05) is 13.8 Å². The van der Waals surface area contributed by atoms with Crippen LogP contribution in [0.4, 0.5) is 0 Å². The van der Waals surface area contributed by atoms with Crippen LogP contribution in [0, 0.1) is 22.7 Å². The molecule has 8 heteroatoms. The highest BCUT2D eigenvalue weighted by Crippen LogP contribution is 2.73. The Balaban J connectivity index is 2.25. The molecule has 0 aliphatic heterocycles. The Morgan fingerprint density at radius 1 is 0.667 bits per heavy atom. The Labute approximate surface area is 175 Å². The van der Waals surface area contributed by atoms with Gasteiger partial charge in [-0.15, -0.1) is 0 Å². The average molecular weight is 420 g/mol. The number of hydrogen-bond acceptors (Lipinski definition) is 8. The van der Waals surface area contributed by atoms with Gasteiger partial charge in [-0.05, 0) is 50.7 Å². The predicted octanol–water partition coefficient (Wildman–Crippen LogP) is 2.12. The van der Waals surface area contributed by atoms with Crippen LogP contribution in [0.2, 0.25) is 0 Å². The van der Waals surface area contributed by atoms with Crippen LogP contribution in [0.5, 0.6) is 0 Å². The number of hydrogen-bond donors (Lipinski definition) is 0. The summed E-state index contributed by atoms with van der Waals surface area (Å²) in [6.45, 7) is 3.86. The van der Waals surface area contributed by atoms with Crippen LogP contribution in [-0.4, -0.2) is 52.3 Å². The molecule has 0 amide bonds. The smallest absolute Gasteiger partial charge is 0.317 e. The highest BCUT2D eigenvalue weighted by atomic mass is 16.5. The minimum Gasteiger partial charge on any atom is -0.469 e. The van der Waals surface area contributed by atoms with Crippen molar-refractivity contribution in [3.05, 3.63) is 22.3 Å². The maximum absolute atomic E-state index is 13.2. The Bertz CT molecular complexity index is 812. The molecule has 0 aromatic rings. The molecule has 0 saturated heterocycles. The molecule has 0 N–H and O–H groups in total. The normalized spacial score (nSPS) is 32.3. The quantitative estimate of drug-likeness (QED) is 0.387. The lowest BCUT2D eigenvalue weighted by Gasteiger charge is -2.62. The molecular weight excluding hydrogens is 392 g/mol. The van der Waals surface area contributed by atoms with Gasteiger partial charge in [-0.3, -0.25) is 19.2 Å². The molecular formula is C22H28O8. The second-order valence-electron chi connectivity index (χ2n) is 8.33. The van der Waals surface area contributed by atoms with Crippen molar-refractivity contribution in [2.45, 2.75) is 39.5 Å². The highest BCUT2D eigenvalue weighted by molar-refractivity contribution is 6.00. The summed E-state index contributed by atoms with van der Waals surface area (Å²) in [5.74, 6) is -3.76. The lowest BCUT2D eigenvalue weighted by molar-refractivity contribution is -0.180. The number of rotatable bonds is 4. The van der Waals surface area contributed by atoms with E-state index in [9.17, 15) is 19.2 Å².